The zero-order valence-corrected chi connectivity index (χ0v) is 22.6. The van der Waals surface area contributed by atoms with E-state index in [2.05, 4.69) is 156 Å². The Kier molecular flexibility index (Phi) is 5.39. The first kappa shape index (κ1) is 23.0. The summed E-state index contributed by atoms with van der Waals surface area (Å²) in [4.78, 5) is 0. The van der Waals surface area contributed by atoms with E-state index in [0.717, 1.165) is 0 Å². The summed E-state index contributed by atoms with van der Waals surface area (Å²) in [7, 11) is 0. The van der Waals surface area contributed by atoms with Crippen LogP contribution in [0.15, 0.2) is 151 Å². The van der Waals surface area contributed by atoms with E-state index < -0.39 is 0 Å². The standard InChI is InChI=1S/C38H25NS/c1-4-11-26(12-5-1)31-17-10-18-32(27-13-6-2-7-14-27)36(31)29-20-21-34-33(25-29)37-35(22-19-28-23-24-40-38(28)37)39(34)30-15-8-3-9-16-30/h1-25H. The van der Waals surface area contributed by atoms with Crippen LogP contribution in [-0.4, -0.2) is 4.57 Å². The molecule has 2 heterocycles. The number of nitrogens with zero attached hydrogens (tertiary/aromatic N) is 1. The molecule has 0 bridgehead atoms. The fourth-order valence-electron chi connectivity index (χ4n) is 6.12. The minimum absolute atomic E-state index is 1.18. The number of thiophene rings is 1. The first-order chi connectivity index (χ1) is 19.9. The van der Waals surface area contributed by atoms with E-state index in [-0.39, 0.29) is 0 Å². The third-order valence-corrected chi connectivity index (χ3v) is 8.83. The molecule has 188 valence electrons. The third kappa shape index (κ3) is 3.61. The number of benzene rings is 6. The van der Waals surface area contributed by atoms with E-state index in [1.54, 1.807) is 0 Å². The second-order valence-electron chi connectivity index (χ2n) is 10.2. The monoisotopic (exact) mass is 527 g/mol. The van der Waals surface area contributed by atoms with Crippen LogP contribution in [-0.2, 0) is 0 Å². The van der Waals surface area contributed by atoms with Gasteiger partial charge in [0.05, 0.1) is 11.0 Å². The minimum Gasteiger partial charge on any atom is -0.309 e. The molecule has 0 fully saturated rings. The number of hydrogen-bond donors (Lipinski definition) is 0. The lowest BCUT2D eigenvalue weighted by Crippen LogP contribution is -1.93. The highest BCUT2D eigenvalue weighted by atomic mass is 32.1. The summed E-state index contributed by atoms with van der Waals surface area (Å²) >= 11 is 1.83. The molecular weight excluding hydrogens is 502 g/mol. The Morgan fingerprint density at radius 3 is 1.77 bits per heavy atom. The summed E-state index contributed by atoms with van der Waals surface area (Å²) in [6.07, 6.45) is 0. The third-order valence-electron chi connectivity index (χ3n) is 7.88. The summed E-state index contributed by atoms with van der Waals surface area (Å²) in [6, 6.07) is 52.7. The molecule has 2 heteroatoms. The predicted octanol–water partition coefficient (Wildman–Crippen LogP) is 11.0. The Bertz CT molecular complexity index is 2080. The summed E-state index contributed by atoms with van der Waals surface area (Å²) in [5, 5.41) is 6.11. The number of hydrogen-bond acceptors (Lipinski definition) is 1. The molecule has 0 amide bonds. The van der Waals surface area contributed by atoms with Crippen molar-refractivity contribution in [2.75, 3.05) is 0 Å². The first-order valence-electron chi connectivity index (χ1n) is 13.6. The Balaban J connectivity index is 1.48. The lowest BCUT2D eigenvalue weighted by atomic mass is 9.87. The van der Waals surface area contributed by atoms with Gasteiger partial charge in [-0.25, -0.2) is 0 Å². The SMILES string of the molecule is c1ccc(-c2cccc(-c3ccccc3)c2-c2ccc3c(c2)c2c4sccc4ccc2n3-c2ccccc2)cc1. The molecule has 8 rings (SSSR count). The molecule has 0 aliphatic carbocycles. The number of fused-ring (bicyclic) bond motifs is 5. The van der Waals surface area contributed by atoms with Crippen LogP contribution in [0.5, 0.6) is 0 Å². The molecule has 1 nitrogen and oxygen atoms in total. The molecule has 0 N–H and O–H groups in total. The second kappa shape index (κ2) is 9.37. The van der Waals surface area contributed by atoms with Gasteiger partial charge in [-0.05, 0) is 80.5 Å². The quantitative estimate of drug-likeness (QED) is 0.214. The maximum absolute atomic E-state index is 2.42. The van der Waals surface area contributed by atoms with Crippen molar-refractivity contribution >= 4 is 43.2 Å². The van der Waals surface area contributed by atoms with Gasteiger partial charge in [-0.1, -0.05) is 109 Å². The average molecular weight is 528 g/mol. The molecule has 0 atom stereocenters. The molecule has 8 aromatic rings. The first-order valence-corrected chi connectivity index (χ1v) is 14.5. The van der Waals surface area contributed by atoms with Crippen molar-refractivity contribution in [2.45, 2.75) is 0 Å². The van der Waals surface area contributed by atoms with Crippen LogP contribution in [0.3, 0.4) is 0 Å². The second-order valence-corrected chi connectivity index (χ2v) is 11.1. The highest BCUT2D eigenvalue weighted by molar-refractivity contribution is 7.18. The highest BCUT2D eigenvalue weighted by Crippen LogP contribution is 2.44. The molecule has 0 radical (unpaired) electrons. The molecule has 0 saturated heterocycles. The lowest BCUT2D eigenvalue weighted by Gasteiger charge is -2.17. The smallest absolute Gasteiger partial charge is 0.0555 e. The fourth-order valence-corrected chi connectivity index (χ4v) is 7.08. The highest BCUT2D eigenvalue weighted by Gasteiger charge is 2.19. The van der Waals surface area contributed by atoms with Gasteiger partial charge in [0.1, 0.15) is 0 Å². The van der Waals surface area contributed by atoms with E-state index in [1.165, 1.54) is 71.0 Å². The van der Waals surface area contributed by atoms with Gasteiger partial charge in [-0.15, -0.1) is 11.3 Å². The maximum atomic E-state index is 2.42. The fraction of sp³-hybridized carbons (Fsp3) is 0. The Labute approximate surface area is 237 Å². The van der Waals surface area contributed by atoms with Crippen molar-refractivity contribution in [3.8, 4) is 39.1 Å². The Morgan fingerprint density at radius 2 is 1.10 bits per heavy atom. The maximum Gasteiger partial charge on any atom is 0.0555 e. The molecule has 2 aromatic heterocycles. The van der Waals surface area contributed by atoms with Crippen LogP contribution in [0, 0.1) is 0 Å². The van der Waals surface area contributed by atoms with Crippen LogP contribution in [0.2, 0.25) is 0 Å². The van der Waals surface area contributed by atoms with Crippen LogP contribution in [0.1, 0.15) is 0 Å². The summed E-state index contributed by atoms with van der Waals surface area (Å²) in [5.74, 6) is 0. The van der Waals surface area contributed by atoms with Crippen molar-refractivity contribution in [3.63, 3.8) is 0 Å². The normalized spacial score (nSPS) is 11.5. The molecule has 0 spiro atoms. The van der Waals surface area contributed by atoms with Crippen molar-refractivity contribution in [1.82, 2.24) is 4.57 Å². The average Bonchev–Trinajstić information content (AvgIpc) is 3.64. The van der Waals surface area contributed by atoms with Gasteiger partial charge in [0.25, 0.3) is 0 Å². The summed E-state index contributed by atoms with van der Waals surface area (Å²) < 4.78 is 3.75. The Hall–Kier alpha value is -4.92. The molecule has 0 unspecified atom stereocenters. The molecule has 0 saturated carbocycles. The zero-order valence-electron chi connectivity index (χ0n) is 21.8. The zero-order chi connectivity index (χ0) is 26.5. The molecule has 40 heavy (non-hydrogen) atoms. The van der Waals surface area contributed by atoms with Gasteiger partial charge < -0.3 is 4.57 Å². The van der Waals surface area contributed by atoms with Gasteiger partial charge >= 0.3 is 0 Å². The molecule has 6 aromatic carbocycles. The van der Waals surface area contributed by atoms with Gasteiger partial charge in [0.2, 0.25) is 0 Å². The minimum atomic E-state index is 1.18. The molecule has 0 aliphatic rings. The Morgan fingerprint density at radius 1 is 0.475 bits per heavy atom. The van der Waals surface area contributed by atoms with E-state index in [1.807, 2.05) is 11.3 Å². The van der Waals surface area contributed by atoms with E-state index in [9.17, 15) is 0 Å². The number of rotatable bonds is 4. The van der Waals surface area contributed by atoms with Crippen LogP contribution in [0.25, 0.3) is 71.0 Å². The van der Waals surface area contributed by atoms with Gasteiger partial charge in [-0.3, -0.25) is 0 Å². The van der Waals surface area contributed by atoms with Gasteiger partial charge in [0, 0.05) is 21.2 Å². The van der Waals surface area contributed by atoms with Crippen LogP contribution < -0.4 is 0 Å². The van der Waals surface area contributed by atoms with Crippen molar-refractivity contribution in [2.24, 2.45) is 0 Å². The van der Waals surface area contributed by atoms with Crippen molar-refractivity contribution in [1.29, 1.82) is 0 Å². The van der Waals surface area contributed by atoms with E-state index >= 15 is 0 Å². The van der Waals surface area contributed by atoms with E-state index in [0.29, 0.717) is 0 Å². The van der Waals surface area contributed by atoms with E-state index in [4.69, 9.17) is 0 Å². The number of para-hydroxylation sites is 1. The largest absolute Gasteiger partial charge is 0.309 e. The van der Waals surface area contributed by atoms with Gasteiger partial charge in [-0.2, -0.15) is 0 Å². The van der Waals surface area contributed by atoms with Gasteiger partial charge in [0.15, 0.2) is 0 Å². The molecule has 0 aliphatic heterocycles. The summed E-state index contributed by atoms with van der Waals surface area (Å²) in [6.45, 7) is 0. The molecular formula is C38H25NS. The predicted molar refractivity (Wildman–Crippen MR) is 172 cm³/mol. The number of aromatic nitrogens is 1. The topological polar surface area (TPSA) is 4.93 Å². The van der Waals surface area contributed by atoms with Crippen LogP contribution >= 0.6 is 11.3 Å². The summed E-state index contributed by atoms with van der Waals surface area (Å²) in [5.41, 5.74) is 11.1. The lowest BCUT2D eigenvalue weighted by molar-refractivity contribution is 1.18. The van der Waals surface area contributed by atoms with Crippen molar-refractivity contribution in [3.05, 3.63) is 151 Å². The van der Waals surface area contributed by atoms with Crippen LogP contribution in [0.4, 0.5) is 0 Å². The van der Waals surface area contributed by atoms with Crippen molar-refractivity contribution < 1.29 is 0 Å².